The number of aromatic nitrogens is 2. The van der Waals surface area contributed by atoms with E-state index in [2.05, 4.69) is 15.6 Å². The Kier molecular flexibility index (Phi) is 5.33. The summed E-state index contributed by atoms with van der Waals surface area (Å²) in [5.74, 6) is 0.741. The van der Waals surface area contributed by atoms with Crippen molar-refractivity contribution in [3.63, 3.8) is 0 Å². The van der Waals surface area contributed by atoms with Gasteiger partial charge in [0, 0.05) is 31.8 Å². The average molecular weight is 342 g/mol. The van der Waals surface area contributed by atoms with Crippen LogP contribution >= 0.6 is 0 Å². The van der Waals surface area contributed by atoms with Crippen LogP contribution in [0.1, 0.15) is 24.0 Å². The van der Waals surface area contributed by atoms with Crippen LogP contribution in [-0.2, 0) is 23.1 Å². The van der Waals surface area contributed by atoms with Gasteiger partial charge in [-0.3, -0.25) is 9.48 Å². The minimum Gasteiger partial charge on any atom is -0.496 e. The predicted molar refractivity (Wildman–Crippen MR) is 93.6 cm³/mol. The monoisotopic (exact) mass is 342 g/mol. The van der Waals surface area contributed by atoms with E-state index in [9.17, 15) is 4.79 Å². The van der Waals surface area contributed by atoms with Gasteiger partial charge < -0.3 is 14.9 Å². The Morgan fingerprint density at radius 2 is 2.28 bits per heavy atom. The highest BCUT2D eigenvalue weighted by Crippen LogP contribution is 2.19. The van der Waals surface area contributed by atoms with Crippen LogP contribution in [-0.4, -0.2) is 41.2 Å². The number of methoxy groups -OCH3 is 1. The third kappa shape index (κ3) is 4.17. The van der Waals surface area contributed by atoms with Crippen molar-refractivity contribution in [2.45, 2.75) is 25.4 Å². The average Bonchev–Trinajstić information content (AvgIpc) is 3.28. The number of para-hydroxylation sites is 1. The molecule has 0 unspecified atom stereocenters. The van der Waals surface area contributed by atoms with Gasteiger partial charge in [0.1, 0.15) is 5.75 Å². The van der Waals surface area contributed by atoms with Crippen molar-refractivity contribution in [3.8, 4) is 5.75 Å². The van der Waals surface area contributed by atoms with E-state index in [0.29, 0.717) is 13.0 Å². The molecule has 0 saturated carbocycles. The summed E-state index contributed by atoms with van der Waals surface area (Å²) in [7, 11) is 3.50. The van der Waals surface area contributed by atoms with E-state index >= 15 is 0 Å². The van der Waals surface area contributed by atoms with Crippen LogP contribution in [0.15, 0.2) is 41.8 Å². The maximum absolute atomic E-state index is 12.2. The zero-order chi connectivity index (χ0) is 17.6. The highest BCUT2D eigenvalue weighted by molar-refractivity contribution is 6.03. The molecule has 1 aliphatic heterocycles. The summed E-state index contributed by atoms with van der Waals surface area (Å²) in [6.07, 6.45) is 5.14. The molecule has 0 radical (unpaired) electrons. The molecular formula is C18H22N4O3. The predicted octanol–water partition coefficient (Wildman–Crippen LogP) is 1.67. The van der Waals surface area contributed by atoms with Gasteiger partial charge in [-0.1, -0.05) is 23.4 Å². The molecule has 2 heterocycles. The van der Waals surface area contributed by atoms with Crippen molar-refractivity contribution in [1.82, 2.24) is 15.1 Å². The molecule has 0 saturated heterocycles. The zero-order valence-electron chi connectivity index (χ0n) is 14.4. The summed E-state index contributed by atoms with van der Waals surface area (Å²) < 4.78 is 7.03. The van der Waals surface area contributed by atoms with Crippen LogP contribution < -0.4 is 10.1 Å². The van der Waals surface area contributed by atoms with Gasteiger partial charge in [0.2, 0.25) is 6.10 Å². The van der Waals surface area contributed by atoms with Crippen LogP contribution in [0.4, 0.5) is 0 Å². The number of benzene rings is 1. The number of nitrogens with zero attached hydrogens (tertiary/aromatic N) is 3. The maximum Gasteiger partial charge on any atom is 0.264 e. The second kappa shape index (κ2) is 7.83. The van der Waals surface area contributed by atoms with E-state index in [1.807, 2.05) is 37.5 Å². The SMILES string of the molecule is COc1ccccc1CCCNC(=O)[C@@H]1CC(c2cnn(C)c2)=NO1. The second-order valence-electron chi connectivity index (χ2n) is 5.95. The molecule has 7 heteroatoms. The van der Waals surface area contributed by atoms with Gasteiger partial charge in [-0.05, 0) is 24.5 Å². The van der Waals surface area contributed by atoms with E-state index in [1.165, 1.54) is 0 Å². The minimum absolute atomic E-state index is 0.136. The molecule has 1 aromatic carbocycles. The normalized spacial score (nSPS) is 16.2. The maximum atomic E-state index is 12.2. The fourth-order valence-electron chi connectivity index (χ4n) is 2.77. The Morgan fingerprint density at radius 1 is 1.44 bits per heavy atom. The smallest absolute Gasteiger partial charge is 0.264 e. The van der Waals surface area contributed by atoms with Gasteiger partial charge in [-0.15, -0.1) is 0 Å². The second-order valence-corrected chi connectivity index (χ2v) is 5.95. The van der Waals surface area contributed by atoms with Gasteiger partial charge in [-0.25, -0.2) is 0 Å². The lowest BCUT2D eigenvalue weighted by Crippen LogP contribution is -2.35. The van der Waals surface area contributed by atoms with Crippen LogP contribution in [0.25, 0.3) is 0 Å². The molecule has 1 N–H and O–H groups in total. The molecule has 1 amide bonds. The molecule has 0 aliphatic carbocycles. The molecule has 1 aromatic heterocycles. The first kappa shape index (κ1) is 17.0. The third-order valence-electron chi connectivity index (χ3n) is 4.11. The number of ether oxygens (including phenoxy) is 1. The molecule has 1 aliphatic rings. The topological polar surface area (TPSA) is 77.7 Å². The van der Waals surface area contributed by atoms with E-state index in [0.717, 1.165) is 35.4 Å². The molecule has 0 fully saturated rings. The minimum atomic E-state index is -0.568. The number of hydrogen-bond donors (Lipinski definition) is 1. The number of rotatable bonds is 7. The first-order valence-corrected chi connectivity index (χ1v) is 8.28. The summed E-state index contributed by atoms with van der Waals surface area (Å²) >= 11 is 0. The number of carbonyl (C=O) groups is 1. The molecule has 1 atom stereocenters. The number of amides is 1. The first-order chi connectivity index (χ1) is 12.2. The lowest BCUT2D eigenvalue weighted by atomic mass is 10.1. The van der Waals surface area contributed by atoms with Crippen LogP contribution in [0, 0.1) is 0 Å². The molecule has 7 nitrogen and oxygen atoms in total. The standard InChI is InChI=1S/C18H22N4O3/c1-22-12-14(11-20-22)15-10-17(25-21-15)18(23)19-9-5-7-13-6-3-4-8-16(13)24-2/h3-4,6,8,11-12,17H,5,7,9-10H2,1-2H3,(H,19,23)/t17-/m0/s1. The van der Waals surface area contributed by atoms with Crippen molar-refractivity contribution in [1.29, 1.82) is 0 Å². The summed E-state index contributed by atoms with van der Waals surface area (Å²) in [5.41, 5.74) is 2.77. The largest absolute Gasteiger partial charge is 0.496 e. The lowest BCUT2D eigenvalue weighted by molar-refractivity contribution is -0.131. The molecule has 0 bridgehead atoms. The van der Waals surface area contributed by atoms with Crippen molar-refractivity contribution in [3.05, 3.63) is 47.8 Å². The Morgan fingerprint density at radius 3 is 3.04 bits per heavy atom. The van der Waals surface area contributed by atoms with Gasteiger partial charge >= 0.3 is 0 Å². The van der Waals surface area contributed by atoms with Crippen LogP contribution in [0.3, 0.4) is 0 Å². The molecule has 2 aromatic rings. The van der Waals surface area contributed by atoms with Crippen LogP contribution in [0.5, 0.6) is 5.75 Å². The number of oxime groups is 1. The Balaban J connectivity index is 1.42. The number of carbonyl (C=O) groups excluding carboxylic acids is 1. The van der Waals surface area contributed by atoms with Gasteiger partial charge in [0.25, 0.3) is 5.91 Å². The van der Waals surface area contributed by atoms with E-state index < -0.39 is 6.10 Å². The van der Waals surface area contributed by atoms with Gasteiger partial charge in [0.05, 0.1) is 19.0 Å². The summed E-state index contributed by atoms with van der Waals surface area (Å²) in [5, 5.41) is 11.0. The zero-order valence-corrected chi connectivity index (χ0v) is 14.4. The van der Waals surface area contributed by atoms with Crippen molar-refractivity contribution < 1.29 is 14.4 Å². The van der Waals surface area contributed by atoms with Crippen molar-refractivity contribution in [2.24, 2.45) is 12.2 Å². The molecule has 0 spiro atoms. The summed E-state index contributed by atoms with van der Waals surface area (Å²) in [6.45, 7) is 0.582. The van der Waals surface area contributed by atoms with Gasteiger partial charge in [0.15, 0.2) is 0 Å². The van der Waals surface area contributed by atoms with Crippen molar-refractivity contribution in [2.75, 3.05) is 13.7 Å². The fraction of sp³-hybridized carbons (Fsp3) is 0.389. The Bertz CT molecular complexity index is 769. The van der Waals surface area contributed by atoms with Crippen molar-refractivity contribution >= 4 is 11.6 Å². The van der Waals surface area contributed by atoms with E-state index in [1.54, 1.807) is 18.0 Å². The van der Waals surface area contributed by atoms with Gasteiger partial charge in [-0.2, -0.15) is 5.10 Å². The van der Waals surface area contributed by atoms with Crippen LogP contribution in [0.2, 0.25) is 0 Å². The number of aryl methyl sites for hydroxylation is 2. The summed E-state index contributed by atoms with van der Waals surface area (Å²) in [6, 6.07) is 7.91. The fourth-order valence-corrected chi connectivity index (χ4v) is 2.77. The lowest BCUT2D eigenvalue weighted by Gasteiger charge is -2.10. The molecule has 25 heavy (non-hydrogen) atoms. The number of nitrogens with one attached hydrogen (secondary N) is 1. The highest BCUT2D eigenvalue weighted by Gasteiger charge is 2.29. The quantitative estimate of drug-likeness (QED) is 0.777. The Hall–Kier alpha value is -2.83. The molecule has 3 rings (SSSR count). The van der Waals surface area contributed by atoms with E-state index in [-0.39, 0.29) is 5.91 Å². The Labute approximate surface area is 146 Å². The van der Waals surface area contributed by atoms with E-state index in [4.69, 9.17) is 9.57 Å². The first-order valence-electron chi connectivity index (χ1n) is 8.28. The molecule has 132 valence electrons. The highest BCUT2D eigenvalue weighted by atomic mass is 16.6. The third-order valence-corrected chi connectivity index (χ3v) is 4.11. The summed E-state index contributed by atoms with van der Waals surface area (Å²) in [4.78, 5) is 17.5. The number of hydrogen-bond acceptors (Lipinski definition) is 5. The molecular weight excluding hydrogens is 320 g/mol.